The first kappa shape index (κ1) is 12.4. The molecule has 0 aromatic carbocycles. The van der Waals surface area contributed by atoms with Crippen molar-refractivity contribution in [2.24, 2.45) is 5.92 Å². The molecule has 0 spiro atoms. The molecule has 1 fully saturated rings. The number of amides is 1. The molecule has 0 atom stereocenters. The number of alkyl halides is 2. The van der Waals surface area contributed by atoms with E-state index in [0.29, 0.717) is 18.8 Å². The summed E-state index contributed by atoms with van der Waals surface area (Å²) in [6.45, 7) is 2.03. The van der Waals surface area contributed by atoms with Gasteiger partial charge in [0.2, 0.25) is 0 Å². The molecule has 5 heteroatoms. The Bertz CT molecular complexity index is 225. The highest BCUT2D eigenvalue weighted by molar-refractivity contribution is 5.79. The first-order valence-electron chi connectivity index (χ1n) is 5.21. The molecule has 1 rings (SSSR count). The van der Waals surface area contributed by atoms with E-state index in [0.717, 1.165) is 12.8 Å². The third-order valence-electron chi connectivity index (χ3n) is 2.99. The molecule has 1 aliphatic carbocycles. The third-order valence-corrected chi connectivity index (χ3v) is 2.99. The molecule has 0 saturated heterocycles. The van der Waals surface area contributed by atoms with E-state index >= 15 is 0 Å². The van der Waals surface area contributed by atoms with Gasteiger partial charge in [-0.05, 0) is 31.6 Å². The summed E-state index contributed by atoms with van der Waals surface area (Å²) in [5.74, 6) is -0.738. The minimum Gasteiger partial charge on any atom is -0.388 e. The minimum atomic E-state index is -3.00. The highest BCUT2D eigenvalue weighted by Gasteiger charge is 2.32. The predicted molar refractivity (Wildman–Crippen MR) is 51.6 cm³/mol. The topological polar surface area (TPSA) is 49.3 Å². The van der Waals surface area contributed by atoms with Gasteiger partial charge in [0.05, 0.1) is 5.60 Å². The fourth-order valence-electron chi connectivity index (χ4n) is 1.81. The SMILES string of the molecule is CC1CCC(O)(CNC(=O)C(F)F)CC1. The Hall–Kier alpha value is -0.710. The molecular weight excluding hydrogens is 204 g/mol. The maximum absolute atomic E-state index is 11.9. The number of hydrogen-bond acceptors (Lipinski definition) is 2. The Morgan fingerprint density at radius 1 is 1.53 bits per heavy atom. The summed E-state index contributed by atoms with van der Waals surface area (Å²) in [5.41, 5.74) is -0.989. The summed E-state index contributed by atoms with van der Waals surface area (Å²) >= 11 is 0. The van der Waals surface area contributed by atoms with Crippen molar-refractivity contribution in [3.63, 3.8) is 0 Å². The zero-order valence-electron chi connectivity index (χ0n) is 8.80. The fraction of sp³-hybridized carbons (Fsp3) is 0.900. The van der Waals surface area contributed by atoms with Crippen LogP contribution in [-0.2, 0) is 4.79 Å². The Morgan fingerprint density at radius 2 is 2.07 bits per heavy atom. The summed E-state index contributed by atoms with van der Waals surface area (Å²) in [6, 6.07) is 0. The smallest absolute Gasteiger partial charge is 0.315 e. The van der Waals surface area contributed by atoms with Gasteiger partial charge in [0, 0.05) is 6.54 Å². The van der Waals surface area contributed by atoms with Crippen LogP contribution in [0.3, 0.4) is 0 Å². The van der Waals surface area contributed by atoms with Gasteiger partial charge in [-0.25, -0.2) is 0 Å². The molecule has 0 aromatic heterocycles. The second-order valence-electron chi connectivity index (χ2n) is 4.43. The Kier molecular flexibility index (Phi) is 4.02. The molecule has 0 radical (unpaired) electrons. The molecule has 1 saturated carbocycles. The van der Waals surface area contributed by atoms with Crippen LogP contribution in [-0.4, -0.2) is 29.6 Å². The van der Waals surface area contributed by atoms with Crippen molar-refractivity contribution in [2.45, 2.75) is 44.6 Å². The Balaban J connectivity index is 2.34. The number of carbonyl (C=O) groups is 1. The monoisotopic (exact) mass is 221 g/mol. The summed E-state index contributed by atoms with van der Waals surface area (Å²) in [4.78, 5) is 10.6. The third kappa shape index (κ3) is 3.74. The van der Waals surface area contributed by atoms with E-state index in [2.05, 4.69) is 12.2 Å². The van der Waals surface area contributed by atoms with Gasteiger partial charge in [0.1, 0.15) is 0 Å². The van der Waals surface area contributed by atoms with E-state index < -0.39 is 17.9 Å². The zero-order valence-corrected chi connectivity index (χ0v) is 8.80. The van der Waals surface area contributed by atoms with Crippen molar-refractivity contribution < 1.29 is 18.7 Å². The Labute approximate surface area is 87.9 Å². The molecule has 3 nitrogen and oxygen atoms in total. The van der Waals surface area contributed by atoms with Gasteiger partial charge in [0.25, 0.3) is 5.91 Å². The second kappa shape index (κ2) is 4.88. The summed E-state index contributed by atoms with van der Waals surface area (Å²) in [5, 5.41) is 12.0. The molecule has 15 heavy (non-hydrogen) atoms. The van der Waals surface area contributed by atoms with E-state index in [1.54, 1.807) is 0 Å². The standard InChI is InChI=1S/C10H17F2NO2/c1-7-2-4-10(15,5-3-7)6-13-9(14)8(11)12/h7-8,15H,2-6H2,1H3,(H,13,14). The van der Waals surface area contributed by atoms with Crippen LogP contribution in [0.25, 0.3) is 0 Å². The highest BCUT2D eigenvalue weighted by atomic mass is 19.3. The lowest BCUT2D eigenvalue weighted by Gasteiger charge is -2.34. The lowest BCUT2D eigenvalue weighted by molar-refractivity contribution is -0.133. The van der Waals surface area contributed by atoms with Crippen molar-refractivity contribution in [3.8, 4) is 0 Å². The van der Waals surface area contributed by atoms with Gasteiger partial charge in [-0.15, -0.1) is 0 Å². The van der Waals surface area contributed by atoms with Gasteiger partial charge in [-0.1, -0.05) is 6.92 Å². The second-order valence-corrected chi connectivity index (χ2v) is 4.43. The van der Waals surface area contributed by atoms with E-state index in [1.807, 2.05) is 0 Å². The van der Waals surface area contributed by atoms with Crippen molar-refractivity contribution in [1.29, 1.82) is 0 Å². The summed E-state index contributed by atoms with van der Waals surface area (Å²) in [7, 11) is 0. The molecule has 1 aliphatic rings. The van der Waals surface area contributed by atoms with Crippen molar-refractivity contribution in [3.05, 3.63) is 0 Å². The largest absolute Gasteiger partial charge is 0.388 e. The zero-order chi connectivity index (χ0) is 11.5. The first-order valence-corrected chi connectivity index (χ1v) is 5.21. The summed E-state index contributed by atoms with van der Waals surface area (Å²) in [6.07, 6.45) is -0.117. The highest BCUT2D eigenvalue weighted by Crippen LogP contribution is 2.31. The Morgan fingerprint density at radius 3 is 2.53 bits per heavy atom. The van der Waals surface area contributed by atoms with Crippen LogP contribution in [0.1, 0.15) is 32.6 Å². The quantitative estimate of drug-likeness (QED) is 0.755. The van der Waals surface area contributed by atoms with Crippen molar-refractivity contribution >= 4 is 5.91 Å². The van der Waals surface area contributed by atoms with E-state index in [9.17, 15) is 18.7 Å². The van der Waals surface area contributed by atoms with E-state index in [-0.39, 0.29) is 6.54 Å². The van der Waals surface area contributed by atoms with Gasteiger partial charge < -0.3 is 10.4 Å². The van der Waals surface area contributed by atoms with Crippen LogP contribution in [0.4, 0.5) is 8.78 Å². The summed E-state index contributed by atoms with van der Waals surface area (Å²) < 4.78 is 23.8. The molecule has 0 unspecified atom stereocenters. The average Bonchev–Trinajstić information content (AvgIpc) is 2.19. The number of hydrogen-bond donors (Lipinski definition) is 2. The van der Waals surface area contributed by atoms with Gasteiger partial charge in [-0.3, -0.25) is 4.79 Å². The van der Waals surface area contributed by atoms with Gasteiger partial charge in [-0.2, -0.15) is 8.78 Å². The van der Waals surface area contributed by atoms with E-state index in [4.69, 9.17) is 0 Å². The number of nitrogens with one attached hydrogen (secondary N) is 1. The van der Waals surface area contributed by atoms with Crippen LogP contribution in [0.5, 0.6) is 0 Å². The fourth-order valence-corrected chi connectivity index (χ4v) is 1.81. The maximum atomic E-state index is 11.9. The molecule has 0 aromatic rings. The van der Waals surface area contributed by atoms with Crippen LogP contribution < -0.4 is 5.32 Å². The maximum Gasteiger partial charge on any atom is 0.315 e. The molecule has 88 valence electrons. The van der Waals surface area contributed by atoms with Crippen LogP contribution >= 0.6 is 0 Å². The number of carbonyl (C=O) groups excluding carboxylic acids is 1. The van der Waals surface area contributed by atoms with Crippen molar-refractivity contribution in [2.75, 3.05) is 6.54 Å². The molecule has 0 aliphatic heterocycles. The van der Waals surface area contributed by atoms with Crippen molar-refractivity contribution in [1.82, 2.24) is 5.32 Å². The van der Waals surface area contributed by atoms with E-state index in [1.165, 1.54) is 0 Å². The number of halogens is 2. The van der Waals surface area contributed by atoms with Crippen LogP contribution in [0, 0.1) is 5.92 Å². The van der Waals surface area contributed by atoms with Crippen LogP contribution in [0.15, 0.2) is 0 Å². The van der Waals surface area contributed by atoms with Gasteiger partial charge >= 0.3 is 6.43 Å². The van der Waals surface area contributed by atoms with Crippen LogP contribution in [0.2, 0.25) is 0 Å². The molecule has 1 amide bonds. The normalized spacial score (nSPS) is 31.7. The lowest BCUT2D eigenvalue weighted by Crippen LogP contribution is -2.46. The van der Waals surface area contributed by atoms with Gasteiger partial charge in [0.15, 0.2) is 0 Å². The molecular formula is C10H17F2NO2. The number of aliphatic hydroxyl groups is 1. The predicted octanol–water partition coefficient (Wildman–Crippen LogP) is 1.31. The number of rotatable bonds is 3. The molecule has 0 bridgehead atoms. The lowest BCUT2D eigenvalue weighted by atomic mass is 9.79. The average molecular weight is 221 g/mol. The first-order chi connectivity index (χ1) is 6.93. The minimum absolute atomic E-state index is 0.0666. The molecule has 0 heterocycles. The molecule has 2 N–H and O–H groups in total.